The molecule has 15 heavy (non-hydrogen) atoms. The van der Waals surface area contributed by atoms with Crippen LogP contribution < -0.4 is 0 Å². The summed E-state index contributed by atoms with van der Waals surface area (Å²) in [7, 11) is 0. The molecule has 74 valence electrons. The maximum absolute atomic E-state index is 10.5. The van der Waals surface area contributed by atoms with E-state index in [4.69, 9.17) is 16.9 Å². The molecule has 4 heteroatoms. The number of rotatable bonds is 2. The van der Waals surface area contributed by atoms with E-state index in [0.29, 0.717) is 29.0 Å². The van der Waals surface area contributed by atoms with Crippen molar-refractivity contribution in [1.29, 1.82) is 5.26 Å². The maximum Gasteiger partial charge on any atom is 0.151 e. The first-order chi connectivity index (χ1) is 7.14. The monoisotopic (exact) mass is 218 g/mol. The maximum atomic E-state index is 10.5. The van der Waals surface area contributed by atoms with Crippen molar-refractivity contribution >= 4 is 17.9 Å². The van der Waals surface area contributed by atoms with E-state index in [-0.39, 0.29) is 0 Å². The fourth-order valence-corrected chi connectivity index (χ4v) is 1.87. The Morgan fingerprint density at radius 2 is 2.40 bits per heavy atom. The van der Waals surface area contributed by atoms with E-state index in [1.54, 1.807) is 0 Å². The van der Waals surface area contributed by atoms with Crippen LogP contribution in [0, 0.1) is 11.3 Å². The SMILES string of the molecule is C=C1CC1(C#N)c1ncc(C=O)cc1Cl. The molecule has 0 aliphatic heterocycles. The molecule has 1 aromatic heterocycles. The summed E-state index contributed by atoms with van der Waals surface area (Å²) in [6.45, 7) is 3.76. The molecule has 3 nitrogen and oxygen atoms in total. The molecule has 0 spiro atoms. The summed E-state index contributed by atoms with van der Waals surface area (Å²) in [5.41, 5.74) is 1.00. The fourth-order valence-electron chi connectivity index (χ4n) is 1.53. The zero-order valence-corrected chi connectivity index (χ0v) is 8.58. The summed E-state index contributed by atoms with van der Waals surface area (Å²) in [6, 6.07) is 3.68. The van der Waals surface area contributed by atoms with Gasteiger partial charge in [-0.2, -0.15) is 5.26 Å². The number of pyridine rings is 1. The molecule has 0 N–H and O–H groups in total. The summed E-state index contributed by atoms with van der Waals surface area (Å²) in [5, 5.41) is 9.40. The number of carbonyl (C=O) groups excluding carboxylic acids is 1. The molecule has 0 amide bonds. The number of halogens is 1. The Morgan fingerprint density at radius 1 is 1.73 bits per heavy atom. The van der Waals surface area contributed by atoms with Gasteiger partial charge in [0.2, 0.25) is 0 Å². The van der Waals surface area contributed by atoms with E-state index < -0.39 is 5.41 Å². The van der Waals surface area contributed by atoms with Crippen LogP contribution in [-0.4, -0.2) is 11.3 Å². The van der Waals surface area contributed by atoms with Crippen LogP contribution in [0.4, 0.5) is 0 Å². The Balaban J connectivity index is 2.52. The minimum atomic E-state index is -0.724. The molecule has 2 rings (SSSR count). The highest BCUT2D eigenvalue weighted by Crippen LogP contribution is 2.53. The molecule has 1 aromatic rings. The minimum absolute atomic E-state index is 0.347. The lowest BCUT2D eigenvalue weighted by Crippen LogP contribution is -2.07. The predicted octanol–water partition coefficient (Wildman–Crippen LogP) is 2.27. The number of aldehydes is 1. The van der Waals surface area contributed by atoms with Gasteiger partial charge in [0.25, 0.3) is 0 Å². The molecule has 0 radical (unpaired) electrons. The molecular formula is C11H7ClN2O. The van der Waals surface area contributed by atoms with Crippen LogP contribution >= 0.6 is 11.6 Å². The number of nitriles is 1. The van der Waals surface area contributed by atoms with Crippen molar-refractivity contribution in [1.82, 2.24) is 4.98 Å². The zero-order valence-electron chi connectivity index (χ0n) is 7.83. The van der Waals surface area contributed by atoms with Crippen molar-refractivity contribution < 1.29 is 4.79 Å². The molecule has 0 bridgehead atoms. The molecule has 0 aromatic carbocycles. The number of aromatic nitrogens is 1. The first-order valence-corrected chi connectivity index (χ1v) is 4.72. The van der Waals surface area contributed by atoms with Gasteiger partial charge in [-0.05, 0) is 18.1 Å². The molecule has 1 fully saturated rings. The Hall–Kier alpha value is -1.66. The summed E-state index contributed by atoms with van der Waals surface area (Å²) in [5.74, 6) is 0. The second kappa shape index (κ2) is 3.18. The third-order valence-corrected chi connectivity index (χ3v) is 2.84. The molecule has 1 aliphatic rings. The summed E-state index contributed by atoms with van der Waals surface area (Å²) >= 11 is 5.96. The average molecular weight is 219 g/mol. The number of hydrogen-bond donors (Lipinski definition) is 0. The normalized spacial score (nSPS) is 23.3. The van der Waals surface area contributed by atoms with E-state index >= 15 is 0 Å². The number of hydrogen-bond acceptors (Lipinski definition) is 3. The summed E-state index contributed by atoms with van der Waals surface area (Å²) < 4.78 is 0. The summed E-state index contributed by atoms with van der Waals surface area (Å²) in [4.78, 5) is 14.5. The Bertz CT molecular complexity index is 504. The average Bonchev–Trinajstić information content (AvgIpc) is 2.90. The minimum Gasteiger partial charge on any atom is -0.298 e. The van der Waals surface area contributed by atoms with Crippen molar-refractivity contribution in [2.75, 3.05) is 0 Å². The Labute approximate surface area is 92.0 Å². The lowest BCUT2D eigenvalue weighted by Gasteiger charge is -2.06. The molecule has 1 atom stereocenters. The van der Waals surface area contributed by atoms with Crippen molar-refractivity contribution in [3.8, 4) is 6.07 Å². The van der Waals surface area contributed by atoms with Crippen molar-refractivity contribution in [2.24, 2.45) is 0 Å². The highest BCUT2D eigenvalue weighted by molar-refractivity contribution is 6.31. The van der Waals surface area contributed by atoms with E-state index in [1.165, 1.54) is 12.3 Å². The second-order valence-corrected chi connectivity index (χ2v) is 3.92. The molecular weight excluding hydrogens is 212 g/mol. The largest absolute Gasteiger partial charge is 0.298 e. The fraction of sp³-hybridized carbons (Fsp3) is 0.182. The van der Waals surface area contributed by atoms with Gasteiger partial charge < -0.3 is 0 Å². The number of allylic oxidation sites excluding steroid dienone is 1. The van der Waals surface area contributed by atoms with Gasteiger partial charge >= 0.3 is 0 Å². The number of nitrogens with zero attached hydrogens (tertiary/aromatic N) is 2. The van der Waals surface area contributed by atoms with Gasteiger partial charge in [0.15, 0.2) is 6.29 Å². The van der Waals surface area contributed by atoms with E-state index in [9.17, 15) is 4.79 Å². The quantitative estimate of drug-likeness (QED) is 0.565. The van der Waals surface area contributed by atoms with Crippen LogP contribution in [0.1, 0.15) is 22.5 Å². The van der Waals surface area contributed by atoms with Crippen molar-refractivity contribution in [2.45, 2.75) is 11.8 Å². The first-order valence-electron chi connectivity index (χ1n) is 4.35. The van der Waals surface area contributed by atoms with Crippen LogP contribution in [0.25, 0.3) is 0 Å². The molecule has 1 heterocycles. The standard InChI is InChI=1S/C11H7ClN2O/c1-7-3-11(7,6-13)10-9(12)2-8(5-15)4-14-10/h2,4-5H,1,3H2. The van der Waals surface area contributed by atoms with Gasteiger partial charge in [-0.3, -0.25) is 9.78 Å². The topological polar surface area (TPSA) is 53.8 Å². The van der Waals surface area contributed by atoms with Crippen LogP contribution in [0.5, 0.6) is 0 Å². The highest BCUT2D eigenvalue weighted by atomic mass is 35.5. The Kier molecular flexibility index (Phi) is 2.09. The third kappa shape index (κ3) is 1.34. The molecule has 1 aliphatic carbocycles. The van der Waals surface area contributed by atoms with E-state index in [0.717, 1.165) is 5.57 Å². The summed E-state index contributed by atoms with van der Waals surface area (Å²) in [6.07, 6.45) is 2.68. The van der Waals surface area contributed by atoms with Gasteiger partial charge in [0, 0.05) is 11.8 Å². The van der Waals surface area contributed by atoms with Crippen LogP contribution in [0.2, 0.25) is 5.02 Å². The van der Waals surface area contributed by atoms with Gasteiger partial charge in [-0.25, -0.2) is 0 Å². The second-order valence-electron chi connectivity index (χ2n) is 3.51. The molecule has 0 saturated heterocycles. The lowest BCUT2D eigenvalue weighted by molar-refractivity contribution is 0.112. The highest BCUT2D eigenvalue weighted by Gasteiger charge is 2.52. The van der Waals surface area contributed by atoms with Crippen LogP contribution in [0.15, 0.2) is 24.4 Å². The van der Waals surface area contributed by atoms with Gasteiger partial charge in [-0.1, -0.05) is 18.2 Å². The van der Waals surface area contributed by atoms with Crippen molar-refractivity contribution in [3.05, 3.63) is 40.7 Å². The third-order valence-electron chi connectivity index (χ3n) is 2.55. The van der Waals surface area contributed by atoms with E-state index in [2.05, 4.69) is 17.6 Å². The molecule has 1 unspecified atom stereocenters. The van der Waals surface area contributed by atoms with Gasteiger partial charge in [-0.15, -0.1) is 0 Å². The van der Waals surface area contributed by atoms with Gasteiger partial charge in [0.1, 0.15) is 5.41 Å². The number of carbonyl (C=O) groups is 1. The van der Waals surface area contributed by atoms with Crippen molar-refractivity contribution in [3.63, 3.8) is 0 Å². The molecule has 1 saturated carbocycles. The Morgan fingerprint density at radius 3 is 2.80 bits per heavy atom. The van der Waals surface area contributed by atoms with E-state index in [1.807, 2.05) is 0 Å². The van der Waals surface area contributed by atoms with Gasteiger partial charge in [0.05, 0.1) is 16.8 Å². The van der Waals surface area contributed by atoms with Crippen LogP contribution in [0.3, 0.4) is 0 Å². The first kappa shape index (κ1) is 9.88. The smallest absolute Gasteiger partial charge is 0.151 e. The lowest BCUT2D eigenvalue weighted by atomic mass is 10.0. The predicted molar refractivity (Wildman–Crippen MR) is 55.7 cm³/mol. The van der Waals surface area contributed by atoms with Crippen LogP contribution in [-0.2, 0) is 5.41 Å². The zero-order chi connectivity index (χ0) is 11.1.